The van der Waals surface area contributed by atoms with Crippen LogP contribution in [0.2, 0.25) is 0 Å². The first-order valence-electron chi connectivity index (χ1n) is 5.77. The van der Waals surface area contributed by atoms with Gasteiger partial charge in [-0.2, -0.15) is 0 Å². The molecular formula is C14H10ClN3O. The Kier molecular flexibility index (Phi) is 3.25. The van der Waals surface area contributed by atoms with Gasteiger partial charge in [-0.25, -0.2) is 0 Å². The highest BCUT2D eigenvalue weighted by molar-refractivity contribution is 6.22. The van der Waals surface area contributed by atoms with Gasteiger partial charge in [-0.15, -0.1) is 21.8 Å². The molecule has 2 aromatic heterocycles. The molecule has 0 aliphatic carbocycles. The van der Waals surface area contributed by atoms with Gasteiger partial charge in [-0.05, 0) is 17.7 Å². The van der Waals surface area contributed by atoms with Crippen molar-refractivity contribution in [2.75, 3.05) is 0 Å². The fourth-order valence-electron chi connectivity index (χ4n) is 1.71. The molecule has 0 spiro atoms. The molecule has 5 heteroatoms. The summed E-state index contributed by atoms with van der Waals surface area (Å²) in [6.07, 6.45) is 3.36. The van der Waals surface area contributed by atoms with Gasteiger partial charge in [0.25, 0.3) is 0 Å². The van der Waals surface area contributed by atoms with E-state index in [1.54, 1.807) is 12.4 Å². The van der Waals surface area contributed by atoms with Crippen molar-refractivity contribution in [1.29, 1.82) is 0 Å². The van der Waals surface area contributed by atoms with Crippen LogP contribution in [0.3, 0.4) is 0 Å². The number of pyridine rings is 1. The van der Waals surface area contributed by atoms with Gasteiger partial charge in [0.2, 0.25) is 11.8 Å². The molecule has 0 aliphatic heterocycles. The van der Waals surface area contributed by atoms with Gasteiger partial charge in [0.05, 0.1) is 5.56 Å². The first-order valence-corrected chi connectivity index (χ1v) is 6.21. The van der Waals surface area contributed by atoms with Crippen molar-refractivity contribution < 1.29 is 4.42 Å². The maximum Gasteiger partial charge on any atom is 0.249 e. The standard InChI is InChI=1S/C14H10ClN3O/c15-12(10-5-2-1-3-6-10)14-18-17-13(19-14)11-7-4-8-16-9-11/h1-9,12H. The van der Waals surface area contributed by atoms with Crippen LogP contribution in [-0.4, -0.2) is 15.2 Å². The topological polar surface area (TPSA) is 51.8 Å². The molecular weight excluding hydrogens is 262 g/mol. The Morgan fingerprint density at radius 3 is 2.58 bits per heavy atom. The normalized spacial score (nSPS) is 12.3. The first-order chi connectivity index (χ1) is 9.34. The summed E-state index contributed by atoms with van der Waals surface area (Å²) >= 11 is 6.32. The van der Waals surface area contributed by atoms with Gasteiger partial charge in [0.1, 0.15) is 5.38 Å². The largest absolute Gasteiger partial charge is 0.419 e. The number of alkyl halides is 1. The quantitative estimate of drug-likeness (QED) is 0.685. The Bertz CT molecular complexity index is 655. The van der Waals surface area contributed by atoms with Crippen molar-refractivity contribution in [2.45, 2.75) is 5.38 Å². The molecule has 0 fully saturated rings. The Morgan fingerprint density at radius 1 is 1.00 bits per heavy atom. The molecule has 2 heterocycles. The SMILES string of the molecule is ClC(c1ccccc1)c1nnc(-c2cccnc2)o1. The zero-order chi connectivity index (χ0) is 13.1. The molecule has 0 aliphatic rings. The minimum atomic E-state index is -0.445. The van der Waals surface area contributed by atoms with Gasteiger partial charge >= 0.3 is 0 Å². The monoisotopic (exact) mass is 271 g/mol. The molecule has 0 amide bonds. The second-order valence-electron chi connectivity index (χ2n) is 3.96. The number of halogens is 1. The molecule has 0 radical (unpaired) electrons. The van der Waals surface area contributed by atoms with Crippen LogP contribution in [0.25, 0.3) is 11.5 Å². The molecule has 1 aromatic carbocycles. The average molecular weight is 272 g/mol. The van der Waals surface area contributed by atoms with Crippen LogP contribution < -0.4 is 0 Å². The third kappa shape index (κ3) is 2.48. The maximum atomic E-state index is 6.32. The summed E-state index contributed by atoms with van der Waals surface area (Å²) in [6, 6.07) is 13.3. The Labute approximate surface area is 115 Å². The van der Waals surface area contributed by atoms with Gasteiger partial charge in [0.15, 0.2) is 0 Å². The average Bonchev–Trinajstić information content (AvgIpc) is 2.98. The lowest BCUT2D eigenvalue weighted by atomic mass is 10.1. The van der Waals surface area contributed by atoms with E-state index in [2.05, 4.69) is 15.2 Å². The van der Waals surface area contributed by atoms with Crippen molar-refractivity contribution in [1.82, 2.24) is 15.2 Å². The fraction of sp³-hybridized carbons (Fsp3) is 0.0714. The zero-order valence-corrected chi connectivity index (χ0v) is 10.7. The molecule has 0 N–H and O–H groups in total. The van der Waals surface area contributed by atoms with Crippen LogP contribution >= 0.6 is 11.6 Å². The number of hydrogen-bond acceptors (Lipinski definition) is 4. The molecule has 1 atom stereocenters. The van der Waals surface area contributed by atoms with E-state index in [-0.39, 0.29) is 0 Å². The van der Waals surface area contributed by atoms with Crippen molar-refractivity contribution in [3.8, 4) is 11.5 Å². The Morgan fingerprint density at radius 2 is 1.84 bits per heavy atom. The van der Waals surface area contributed by atoms with Gasteiger partial charge in [-0.1, -0.05) is 30.3 Å². The van der Waals surface area contributed by atoms with Crippen molar-refractivity contribution >= 4 is 11.6 Å². The van der Waals surface area contributed by atoms with Crippen LogP contribution in [-0.2, 0) is 0 Å². The maximum absolute atomic E-state index is 6.32. The highest BCUT2D eigenvalue weighted by atomic mass is 35.5. The Balaban J connectivity index is 1.90. The molecule has 3 aromatic rings. The van der Waals surface area contributed by atoms with E-state index in [9.17, 15) is 0 Å². The lowest BCUT2D eigenvalue weighted by molar-refractivity contribution is 0.513. The molecule has 4 nitrogen and oxygen atoms in total. The van der Waals surface area contributed by atoms with Gasteiger partial charge in [0, 0.05) is 12.4 Å². The fourth-order valence-corrected chi connectivity index (χ4v) is 1.94. The van der Waals surface area contributed by atoms with E-state index >= 15 is 0 Å². The van der Waals surface area contributed by atoms with Gasteiger partial charge < -0.3 is 4.42 Å². The van der Waals surface area contributed by atoms with E-state index < -0.39 is 5.38 Å². The van der Waals surface area contributed by atoms with Crippen molar-refractivity contribution in [3.05, 3.63) is 66.3 Å². The molecule has 19 heavy (non-hydrogen) atoms. The van der Waals surface area contributed by atoms with Crippen LogP contribution in [0, 0.1) is 0 Å². The van der Waals surface area contributed by atoms with E-state index in [1.165, 1.54) is 0 Å². The minimum absolute atomic E-state index is 0.381. The van der Waals surface area contributed by atoms with Crippen molar-refractivity contribution in [3.63, 3.8) is 0 Å². The lowest BCUT2D eigenvalue weighted by Gasteiger charge is -2.03. The number of rotatable bonds is 3. The molecule has 1 unspecified atom stereocenters. The molecule has 0 bridgehead atoms. The summed E-state index contributed by atoms with van der Waals surface area (Å²) in [6.45, 7) is 0. The number of nitrogens with zero attached hydrogens (tertiary/aromatic N) is 3. The number of benzene rings is 1. The van der Waals surface area contributed by atoms with Crippen LogP contribution in [0.5, 0.6) is 0 Å². The second kappa shape index (κ2) is 5.20. The van der Waals surface area contributed by atoms with E-state index in [4.69, 9.17) is 16.0 Å². The van der Waals surface area contributed by atoms with E-state index in [0.29, 0.717) is 11.8 Å². The predicted molar refractivity (Wildman–Crippen MR) is 71.7 cm³/mol. The number of hydrogen-bond donors (Lipinski definition) is 0. The Hall–Kier alpha value is -2.20. The van der Waals surface area contributed by atoms with E-state index in [1.807, 2.05) is 42.5 Å². The van der Waals surface area contributed by atoms with Crippen LogP contribution in [0.4, 0.5) is 0 Å². The minimum Gasteiger partial charge on any atom is -0.419 e. The lowest BCUT2D eigenvalue weighted by Crippen LogP contribution is -1.92. The summed E-state index contributed by atoms with van der Waals surface area (Å²) in [7, 11) is 0. The van der Waals surface area contributed by atoms with Gasteiger partial charge in [-0.3, -0.25) is 4.98 Å². The molecule has 3 rings (SSSR count). The highest BCUT2D eigenvalue weighted by Gasteiger charge is 2.18. The third-order valence-corrected chi connectivity index (χ3v) is 3.10. The molecule has 0 saturated carbocycles. The van der Waals surface area contributed by atoms with Crippen molar-refractivity contribution in [2.24, 2.45) is 0 Å². The summed E-state index contributed by atoms with van der Waals surface area (Å²) in [5.41, 5.74) is 1.70. The van der Waals surface area contributed by atoms with Crippen LogP contribution in [0.1, 0.15) is 16.8 Å². The highest BCUT2D eigenvalue weighted by Crippen LogP contribution is 2.29. The first kappa shape index (κ1) is 11.9. The van der Waals surface area contributed by atoms with Crippen LogP contribution in [0.15, 0.2) is 59.3 Å². The summed E-state index contributed by atoms with van der Waals surface area (Å²) in [4.78, 5) is 4.01. The zero-order valence-electron chi connectivity index (χ0n) is 9.90. The van der Waals surface area contributed by atoms with E-state index in [0.717, 1.165) is 11.1 Å². The summed E-state index contributed by atoms with van der Waals surface area (Å²) < 4.78 is 5.59. The third-order valence-electron chi connectivity index (χ3n) is 2.66. The summed E-state index contributed by atoms with van der Waals surface area (Å²) in [5, 5.41) is 7.54. The number of aromatic nitrogens is 3. The second-order valence-corrected chi connectivity index (χ2v) is 4.40. The molecule has 0 saturated heterocycles. The predicted octanol–water partition coefficient (Wildman–Crippen LogP) is 3.46. The summed E-state index contributed by atoms with van der Waals surface area (Å²) in [5.74, 6) is 0.802. The molecule has 94 valence electrons. The smallest absolute Gasteiger partial charge is 0.249 e.